The van der Waals surface area contributed by atoms with Gasteiger partial charge in [-0.05, 0) is 48.5 Å². The Labute approximate surface area is 179 Å². The van der Waals surface area contributed by atoms with Crippen molar-refractivity contribution in [3.8, 4) is 11.5 Å². The van der Waals surface area contributed by atoms with Gasteiger partial charge in [-0.25, -0.2) is 0 Å². The van der Waals surface area contributed by atoms with Crippen LogP contribution in [0.25, 0.3) is 0 Å². The molecular weight excluding hydrogens is 398 g/mol. The molecule has 1 aliphatic rings. The predicted molar refractivity (Wildman–Crippen MR) is 117 cm³/mol. The summed E-state index contributed by atoms with van der Waals surface area (Å²) in [6, 6.07) is 20.8. The van der Waals surface area contributed by atoms with E-state index >= 15 is 0 Å². The molecule has 0 atom stereocenters. The second kappa shape index (κ2) is 9.27. The Balaban J connectivity index is 1.46. The Morgan fingerprint density at radius 2 is 1.65 bits per heavy atom. The van der Waals surface area contributed by atoms with E-state index in [9.17, 15) is 14.9 Å². The molecule has 1 fully saturated rings. The number of nitro groups is 1. The Kier molecular flexibility index (Phi) is 6.09. The van der Waals surface area contributed by atoms with Crippen LogP contribution in [0.4, 0.5) is 17.1 Å². The summed E-state index contributed by atoms with van der Waals surface area (Å²) in [7, 11) is 0. The molecule has 8 nitrogen and oxygen atoms in total. The molecule has 0 saturated carbocycles. The number of para-hydroxylation sites is 1. The number of nitrogens with zero attached hydrogens (tertiary/aromatic N) is 2. The van der Waals surface area contributed by atoms with Gasteiger partial charge in [-0.1, -0.05) is 18.2 Å². The molecule has 1 amide bonds. The number of hydrogen-bond acceptors (Lipinski definition) is 6. The van der Waals surface area contributed by atoms with Gasteiger partial charge in [0.1, 0.15) is 17.2 Å². The molecule has 0 aromatic heterocycles. The molecule has 3 aromatic carbocycles. The number of hydrogen-bond donors (Lipinski definition) is 1. The Hall–Kier alpha value is -3.91. The molecule has 0 bridgehead atoms. The van der Waals surface area contributed by atoms with Crippen LogP contribution in [-0.2, 0) is 4.74 Å². The van der Waals surface area contributed by atoms with Gasteiger partial charge in [0.15, 0.2) is 0 Å². The van der Waals surface area contributed by atoms with Crippen LogP contribution >= 0.6 is 0 Å². The van der Waals surface area contributed by atoms with Crippen LogP contribution in [0.15, 0.2) is 72.8 Å². The highest BCUT2D eigenvalue weighted by atomic mass is 16.6. The molecule has 158 valence electrons. The van der Waals surface area contributed by atoms with Crippen LogP contribution in [0.3, 0.4) is 0 Å². The van der Waals surface area contributed by atoms with E-state index in [0.717, 1.165) is 0 Å². The van der Waals surface area contributed by atoms with Crippen molar-refractivity contribution in [3.63, 3.8) is 0 Å². The molecule has 8 heteroatoms. The standard InChI is InChI=1S/C23H21N3O5/c27-23(24-18-7-9-20(10-8-18)31-19-4-2-1-3-5-19)17-6-11-21(22(16-17)26(28)29)25-12-14-30-15-13-25/h1-11,16H,12-15H2,(H,24,27). The fourth-order valence-electron chi connectivity index (χ4n) is 3.32. The van der Waals surface area contributed by atoms with Crippen LogP contribution in [0.5, 0.6) is 11.5 Å². The summed E-state index contributed by atoms with van der Waals surface area (Å²) in [5.74, 6) is 0.926. The smallest absolute Gasteiger partial charge is 0.293 e. The third-order valence-electron chi connectivity index (χ3n) is 4.88. The molecule has 0 unspecified atom stereocenters. The number of anilines is 2. The lowest BCUT2D eigenvalue weighted by Gasteiger charge is -2.28. The molecule has 1 heterocycles. The summed E-state index contributed by atoms with van der Waals surface area (Å²) in [6.07, 6.45) is 0. The summed E-state index contributed by atoms with van der Waals surface area (Å²) < 4.78 is 11.0. The molecule has 3 aromatic rings. The first-order chi connectivity index (χ1) is 15.1. The Bertz CT molecular complexity index is 1060. The quantitative estimate of drug-likeness (QED) is 0.468. The highest BCUT2D eigenvalue weighted by molar-refractivity contribution is 6.05. The molecule has 1 saturated heterocycles. The van der Waals surface area contributed by atoms with Crippen molar-refractivity contribution < 1.29 is 19.2 Å². The Morgan fingerprint density at radius 3 is 2.32 bits per heavy atom. The normalized spacial score (nSPS) is 13.5. The SMILES string of the molecule is O=C(Nc1ccc(Oc2ccccc2)cc1)c1ccc(N2CCOCC2)c([N+](=O)[O-])c1. The van der Waals surface area contributed by atoms with E-state index in [2.05, 4.69) is 5.32 Å². The van der Waals surface area contributed by atoms with Gasteiger partial charge < -0.3 is 19.7 Å². The fraction of sp³-hybridized carbons (Fsp3) is 0.174. The van der Waals surface area contributed by atoms with E-state index in [1.165, 1.54) is 6.07 Å². The van der Waals surface area contributed by atoms with Crippen LogP contribution in [0.1, 0.15) is 10.4 Å². The third-order valence-corrected chi connectivity index (χ3v) is 4.88. The van der Waals surface area contributed by atoms with Crippen molar-refractivity contribution >= 4 is 23.0 Å². The van der Waals surface area contributed by atoms with Crippen LogP contribution in [0.2, 0.25) is 0 Å². The van der Waals surface area contributed by atoms with Gasteiger partial charge >= 0.3 is 0 Å². The van der Waals surface area contributed by atoms with E-state index in [-0.39, 0.29) is 11.3 Å². The molecule has 4 rings (SSSR count). The average molecular weight is 419 g/mol. The summed E-state index contributed by atoms with van der Waals surface area (Å²) in [6.45, 7) is 2.18. The number of rotatable bonds is 6. The highest BCUT2D eigenvalue weighted by Gasteiger charge is 2.23. The van der Waals surface area contributed by atoms with Gasteiger partial charge in [0.25, 0.3) is 11.6 Å². The van der Waals surface area contributed by atoms with Crippen LogP contribution in [-0.4, -0.2) is 37.1 Å². The van der Waals surface area contributed by atoms with Gasteiger partial charge in [0.05, 0.1) is 18.1 Å². The number of amides is 1. The van der Waals surface area contributed by atoms with Gasteiger partial charge in [0.2, 0.25) is 0 Å². The first-order valence-electron chi connectivity index (χ1n) is 9.85. The molecule has 0 radical (unpaired) electrons. The maximum atomic E-state index is 12.7. The zero-order valence-corrected chi connectivity index (χ0v) is 16.7. The number of nitro benzene ring substituents is 1. The fourth-order valence-corrected chi connectivity index (χ4v) is 3.32. The lowest BCUT2D eigenvalue weighted by atomic mass is 10.1. The van der Waals surface area contributed by atoms with Gasteiger partial charge in [-0.2, -0.15) is 0 Å². The summed E-state index contributed by atoms with van der Waals surface area (Å²) in [5, 5.41) is 14.4. The topological polar surface area (TPSA) is 93.9 Å². The molecule has 0 spiro atoms. The third kappa shape index (κ3) is 4.99. The van der Waals surface area contributed by atoms with Crippen molar-refractivity contribution in [1.29, 1.82) is 0 Å². The van der Waals surface area contributed by atoms with Crippen LogP contribution < -0.4 is 15.0 Å². The number of ether oxygens (including phenoxy) is 2. The minimum absolute atomic E-state index is 0.0961. The number of morpholine rings is 1. The van der Waals surface area contributed by atoms with Gasteiger partial charge in [-0.15, -0.1) is 0 Å². The maximum absolute atomic E-state index is 12.7. The molecule has 0 aliphatic carbocycles. The zero-order chi connectivity index (χ0) is 21.6. The first kappa shape index (κ1) is 20.4. The van der Waals surface area contributed by atoms with Crippen molar-refractivity contribution in [1.82, 2.24) is 0 Å². The van der Waals surface area contributed by atoms with Crippen molar-refractivity contribution in [2.24, 2.45) is 0 Å². The largest absolute Gasteiger partial charge is 0.457 e. The predicted octanol–water partition coefficient (Wildman–Crippen LogP) is 4.48. The molecular formula is C23H21N3O5. The van der Waals surface area contributed by atoms with E-state index in [1.54, 1.807) is 36.4 Å². The number of carbonyl (C=O) groups excluding carboxylic acids is 1. The van der Waals surface area contributed by atoms with Gasteiger partial charge in [0, 0.05) is 30.4 Å². The minimum atomic E-state index is -0.461. The van der Waals surface area contributed by atoms with Crippen molar-refractivity contribution in [3.05, 3.63) is 88.5 Å². The number of nitrogens with one attached hydrogen (secondary N) is 1. The second-order valence-corrected chi connectivity index (χ2v) is 6.95. The minimum Gasteiger partial charge on any atom is -0.457 e. The lowest BCUT2D eigenvalue weighted by molar-refractivity contribution is -0.384. The summed E-state index contributed by atoms with van der Waals surface area (Å²) in [5.41, 5.74) is 1.17. The lowest BCUT2D eigenvalue weighted by Crippen LogP contribution is -2.36. The summed E-state index contributed by atoms with van der Waals surface area (Å²) >= 11 is 0. The zero-order valence-electron chi connectivity index (χ0n) is 16.7. The monoisotopic (exact) mass is 419 g/mol. The van der Waals surface area contributed by atoms with E-state index in [4.69, 9.17) is 9.47 Å². The first-order valence-corrected chi connectivity index (χ1v) is 9.85. The van der Waals surface area contributed by atoms with Crippen LogP contribution in [0, 0.1) is 10.1 Å². The molecule has 1 aliphatic heterocycles. The molecule has 1 N–H and O–H groups in total. The second-order valence-electron chi connectivity index (χ2n) is 6.95. The maximum Gasteiger partial charge on any atom is 0.293 e. The van der Waals surface area contributed by atoms with E-state index in [0.29, 0.717) is 49.2 Å². The van der Waals surface area contributed by atoms with Crippen molar-refractivity contribution in [2.45, 2.75) is 0 Å². The van der Waals surface area contributed by atoms with E-state index < -0.39 is 10.8 Å². The van der Waals surface area contributed by atoms with Crippen molar-refractivity contribution in [2.75, 3.05) is 36.5 Å². The summed E-state index contributed by atoms with van der Waals surface area (Å²) in [4.78, 5) is 25.7. The van der Waals surface area contributed by atoms with Gasteiger partial charge in [-0.3, -0.25) is 14.9 Å². The Morgan fingerprint density at radius 1 is 0.968 bits per heavy atom. The average Bonchev–Trinajstić information content (AvgIpc) is 2.81. The number of carbonyl (C=O) groups is 1. The highest BCUT2D eigenvalue weighted by Crippen LogP contribution is 2.30. The van der Waals surface area contributed by atoms with E-state index in [1.807, 2.05) is 35.2 Å². The molecule has 31 heavy (non-hydrogen) atoms. The number of benzene rings is 3.